The summed E-state index contributed by atoms with van der Waals surface area (Å²) < 4.78 is 31.6. The molecule has 0 N–H and O–H groups in total. The number of aryl methyl sites for hydroxylation is 1. The molecule has 1 heterocycles. The Kier molecular flexibility index (Phi) is 4.51. The molecule has 0 aliphatic carbocycles. The largest absolute Gasteiger partial charge is 0.472 e. The van der Waals surface area contributed by atoms with E-state index < -0.39 is 10.1 Å². The van der Waals surface area contributed by atoms with Gasteiger partial charge in [-0.3, -0.25) is 0 Å². The van der Waals surface area contributed by atoms with Crippen molar-refractivity contribution in [2.75, 3.05) is 5.75 Å². The van der Waals surface area contributed by atoms with Crippen LogP contribution in [0.15, 0.2) is 37.7 Å². The van der Waals surface area contributed by atoms with Gasteiger partial charge in [0.15, 0.2) is 0 Å². The van der Waals surface area contributed by atoms with Crippen LogP contribution >= 0.6 is 0 Å². The number of rotatable bonds is 7. The van der Waals surface area contributed by atoms with Crippen LogP contribution in [0.25, 0.3) is 0 Å². The lowest BCUT2D eigenvalue weighted by atomic mass is 10.6. The van der Waals surface area contributed by atoms with E-state index in [0.717, 1.165) is 0 Å². The summed E-state index contributed by atoms with van der Waals surface area (Å²) in [5, 5.41) is 0. The molecule has 0 aliphatic heterocycles. The van der Waals surface area contributed by atoms with Gasteiger partial charge in [-0.2, -0.15) is 17.6 Å². The van der Waals surface area contributed by atoms with E-state index in [9.17, 15) is 8.42 Å². The van der Waals surface area contributed by atoms with Crippen molar-refractivity contribution < 1.29 is 17.2 Å². The molecule has 1 aromatic heterocycles. The molecule has 0 radical (unpaired) electrons. The molecule has 0 aromatic carbocycles. The Labute approximate surface area is 102 Å². The first-order valence-corrected chi connectivity index (χ1v) is 6.84. The Hall–Kier alpha value is -1.56. The lowest BCUT2D eigenvalue weighted by Gasteiger charge is -2.03. The van der Waals surface area contributed by atoms with Gasteiger partial charge < -0.3 is 4.18 Å². The number of nitrogens with zero attached hydrogens (tertiary/aromatic N) is 2. The molecule has 1 aromatic rings. The van der Waals surface area contributed by atoms with Gasteiger partial charge in [0.05, 0.1) is 6.54 Å². The molecule has 0 spiro atoms. The minimum Gasteiger partial charge on any atom is -0.308 e. The van der Waals surface area contributed by atoms with Crippen LogP contribution in [-0.2, 0) is 23.2 Å². The third-order valence-electron chi connectivity index (χ3n) is 2.11. The molecule has 1 rings (SSSR count). The van der Waals surface area contributed by atoms with E-state index in [1.165, 1.54) is 6.08 Å². The van der Waals surface area contributed by atoms with Crippen molar-refractivity contribution in [3.8, 4) is 6.01 Å². The summed E-state index contributed by atoms with van der Waals surface area (Å²) in [6.07, 6.45) is 6.49. The molecule has 0 aliphatic rings. The van der Waals surface area contributed by atoms with Crippen LogP contribution in [0.5, 0.6) is 6.01 Å². The standard InChI is InChI=1S/C11H17N2O3S/c1-4-7-13-9-8-12(6-3)11(13)16-17(14,15)10-5-2/h4-5,8-9H,1-2,6-7,10H2,3H3/q+1. The van der Waals surface area contributed by atoms with Gasteiger partial charge in [-0.15, -0.1) is 6.58 Å². The highest BCUT2D eigenvalue weighted by molar-refractivity contribution is 7.87. The van der Waals surface area contributed by atoms with Gasteiger partial charge in [0, 0.05) is 0 Å². The summed E-state index contributed by atoms with van der Waals surface area (Å²) in [5.41, 5.74) is 0. The highest BCUT2D eigenvalue weighted by Crippen LogP contribution is 2.09. The number of hydrogen-bond donors (Lipinski definition) is 0. The molecule has 0 saturated heterocycles. The molecule has 0 unspecified atom stereocenters. The van der Waals surface area contributed by atoms with Crippen molar-refractivity contribution in [3.05, 3.63) is 37.7 Å². The van der Waals surface area contributed by atoms with E-state index in [4.69, 9.17) is 4.18 Å². The van der Waals surface area contributed by atoms with Gasteiger partial charge in [0.1, 0.15) is 24.7 Å². The fraction of sp³-hybridized carbons (Fsp3) is 0.364. The fourth-order valence-corrected chi connectivity index (χ4v) is 2.14. The Bertz CT molecular complexity index is 503. The van der Waals surface area contributed by atoms with Crippen molar-refractivity contribution in [2.24, 2.45) is 0 Å². The second-order valence-corrected chi connectivity index (χ2v) is 5.02. The van der Waals surface area contributed by atoms with Crippen molar-refractivity contribution in [2.45, 2.75) is 20.0 Å². The quantitative estimate of drug-likeness (QED) is 0.414. The molecular formula is C11H17N2O3S+. The zero-order valence-electron chi connectivity index (χ0n) is 9.87. The lowest BCUT2D eigenvalue weighted by Crippen LogP contribution is -2.35. The maximum Gasteiger partial charge on any atom is 0.472 e. The zero-order valence-corrected chi connectivity index (χ0v) is 10.7. The van der Waals surface area contributed by atoms with Crippen LogP contribution in [0, 0.1) is 0 Å². The first-order valence-electron chi connectivity index (χ1n) is 5.26. The highest BCUT2D eigenvalue weighted by Gasteiger charge is 2.23. The summed E-state index contributed by atoms with van der Waals surface area (Å²) in [5.74, 6) is -0.212. The molecule has 0 amide bonds. The number of hydrogen-bond acceptors (Lipinski definition) is 3. The molecule has 6 heteroatoms. The third-order valence-corrected chi connectivity index (χ3v) is 3.15. The predicted octanol–water partition coefficient (Wildman–Crippen LogP) is 0.876. The number of imidazole rings is 1. The van der Waals surface area contributed by atoms with Gasteiger partial charge in [0.25, 0.3) is 0 Å². The average Bonchev–Trinajstić information content (AvgIpc) is 2.61. The van der Waals surface area contributed by atoms with Gasteiger partial charge in [0.2, 0.25) is 0 Å². The number of allylic oxidation sites excluding steroid dienone is 1. The second-order valence-electron chi connectivity index (χ2n) is 3.40. The summed E-state index contributed by atoms with van der Waals surface area (Å²) in [6.45, 7) is 10.0. The predicted molar refractivity (Wildman–Crippen MR) is 65.1 cm³/mol. The van der Waals surface area contributed by atoms with Crippen molar-refractivity contribution in [1.29, 1.82) is 0 Å². The monoisotopic (exact) mass is 257 g/mol. The second kappa shape index (κ2) is 5.67. The van der Waals surface area contributed by atoms with Gasteiger partial charge >= 0.3 is 16.1 Å². The van der Waals surface area contributed by atoms with Crippen molar-refractivity contribution in [3.63, 3.8) is 0 Å². The zero-order chi connectivity index (χ0) is 12.9. The van der Waals surface area contributed by atoms with Crippen molar-refractivity contribution >= 4 is 10.1 Å². The summed E-state index contributed by atoms with van der Waals surface area (Å²) in [6, 6.07) is 0.286. The molecule has 0 atom stereocenters. The van der Waals surface area contributed by atoms with Crippen molar-refractivity contribution in [1.82, 2.24) is 4.57 Å². The molecule has 5 nitrogen and oxygen atoms in total. The van der Waals surface area contributed by atoms with Crippen LogP contribution in [-0.4, -0.2) is 18.7 Å². The van der Waals surface area contributed by atoms with E-state index >= 15 is 0 Å². The van der Waals surface area contributed by atoms with Gasteiger partial charge in [-0.1, -0.05) is 18.7 Å². The van der Waals surface area contributed by atoms with E-state index in [1.54, 1.807) is 27.6 Å². The lowest BCUT2D eigenvalue weighted by molar-refractivity contribution is -0.689. The van der Waals surface area contributed by atoms with Crippen LogP contribution in [0.4, 0.5) is 0 Å². The summed E-state index contributed by atoms with van der Waals surface area (Å²) in [4.78, 5) is 0. The van der Waals surface area contributed by atoms with Crippen LogP contribution in [0.1, 0.15) is 6.92 Å². The Balaban J connectivity index is 3.06. The highest BCUT2D eigenvalue weighted by atomic mass is 32.2. The Morgan fingerprint density at radius 1 is 1.47 bits per heavy atom. The summed E-state index contributed by atoms with van der Waals surface area (Å²) >= 11 is 0. The normalized spacial score (nSPS) is 11.1. The van der Waals surface area contributed by atoms with Crippen LogP contribution in [0.2, 0.25) is 0 Å². The first kappa shape index (κ1) is 13.5. The first-order chi connectivity index (χ1) is 8.04. The minimum atomic E-state index is -3.62. The third kappa shape index (κ3) is 3.45. The smallest absolute Gasteiger partial charge is 0.308 e. The molecular weight excluding hydrogens is 240 g/mol. The van der Waals surface area contributed by atoms with Crippen LogP contribution in [0.3, 0.4) is 0 Å². The topological polar surface area (TPSA) is 52.2 Å². The van der Waals surface area contributed by atoms with Crippen LogP contribution < -0.4 is 8.75 Å². The number of aromatic nitrogens is 2. The molecule has 17 heavy (non-hydrogen) atoms. The Morgan fingerprint density at radius 3 is 2.71 bits per heavy atom. The Morgan fingerprint density at radius 2 is 2.18 bits per heavy atom. The maximum absolute atomic E-state index is 11.6. The van der Waals surface area contributed by atoms with Gasteiger partial charge in [-0.25, -0.2) is 0 Å². The van der Waals surface area contributed by atoms with E-state index in [1.807, 2.05) is 6.92 Å². The SMILES string of the molecule is C=CC[n+]1ccn(CC)c1OS(=O)(=O)CC=C. The fourth-order valence-electron chi connectivity index (χ4n) is 1.36. The summed E-state index contributed by atoms with van der Waals surface area (Å²) in [7, 11) is -3.62. The van der Waals surface area contributed by atoms with Gasteiger partial charge in [-0.05, 0) is 6.92 Å². The maximum atomic E-state index is 11.6. The molecule has 94 valence electrons. The average molecular weight is 257 g/mol. The van der Waals surface area contributed by atoms with E-state index in [-0.39, 0.29) is 11.8 Å². The molecule has 0 fully saturated rings. The van der Waals surface area contributed by atoms with E-state index in [2.05, 4.69) is 13.2 Å². The van der Waals surface area contributed by atoms with E-state index in [0.29, 0.717) is 13.1 Å². The molecule has 0 saturated carbocycles. The molecule has 0 bridgehead atoms. The minimum absolute atomic E-state index is 0.212.